The van der Waals surface area contributed by atoms with Crippen LogP contribution in [0.1, 0.15) is 37.0 Å². The molecule has 0 radical (unpaired) electrons. The van der Waals surface area contributed by atoms with Crippen LogP contribution in [0, 0.1) is 5.92 Å². The first-order valence-electron chi connectivity index (χ1n) is 12.9. The van der Waals surface area contributed by atoms with Gasteiger partial charge in [0, 0.05) is 22.1 Å². The third-order valence-electron chi connectivity index (χ3n) is 7.38. The molecule has 6 rings (SSSR count). The van der Waals surface area contributed by atoms with E-state index in [1.807, 2.05) is 12.1 Å². The molecule has 1 aliphatic heterocycles. The first-order valence-corrected chi connectivity index (χ1v) is 13.2. The topological polar surface area (TPSA) is 12.4 Å². The summed E-state index contributed by atoms with van der Waals surface area (Å²) in [7, 11) is 0. The molecule has 0 aliphatic carbocycles. The molecule has 0 amide bonds. The van der Waals surface area contributed by atoms with Crippen LogP contribution in [0.15, 0.2) is 126 Å². The lowest BCUT2D eigenvalue weighted by atomic mass is 9.84. The van der Waals surface area contributed by atoms with Crippen molar-refractivity contribution in [3.05, 3.63) is 143 Å². The van der Waals surface area contributed by atoms with Gasteiger partial charge in [-0.25, -0.2) is 4.99 Å². The summed E-state index contributed by atoms with van der Waals surface area (Å²) in [6.45, 7) is 4.48. The van der Waals surface area contributed by atoms with Gasteiger partial charge in [0.15, 0.2) is 0 Å². The fraction of sp³-hybridized carbons (Fsp3) is 0.114. The van der Waals surface area contributed by atoms with E-state index in [1.54, 1.807) is 0 Å². The van der Waals surface area contributed by atoms with E-state index in [1.165, 1.54) is 38.3 Å². The van der Waals surface area contributed by atoms with Crippen molar-refractivity contribution >= 4 is 50.1 Å². The van der Waals surface area contributed by atoms with Gasteiger partial charge in [0.2, 0.25) is 0 Å². The van der Waals surface area contributed by atoms with Crippen LogP contribution in [0.2, 0.25) is 5.02 Å². The van der Waals surface area contributed by atoms with Crippen LogP contribution in [0.4, 0.5) is 0 Å². The minimum Gasteiger partial charge on any atom is -0.248 e. The highest BCUT2D eigenvalue weighted by Gasteiger charge is 2.24. The average molecular weight is 498 g/mol. The number of halogens is 1. The summed E-state index contributed by atoms with van der Waals surface area (Å²) in [5.74, 6) is 0.233. The molecule has 0 N–H and O–H groups in total. The maximum Gasteiger partial charge on any atom is 0.0741 e. The second-order valence-corrected chi connectivity index (χ2v) is 10.1. The average Bonchev–Trinajstić information content (AvgIpc) is 3.09. The molecule has 0 bridgehead atoms. The van der Waals surface area contributed by atoms with Crippen molar-refractivity contribution in [3.8, 4) is 0 Å². The molecule has 0 aromatic heterocycles. The van der Waals surface area contributed by atoms with Crippen molar-refractivity contribution < 1.29 is 0 Å². The SMILES string of the molecule is CCC1C=C(c2ccc3ccccc3c2)N=C(c2ccc(Cl)cc2)C(C)=C1c1ccc2ccccc2c1. The predicted octanol–water partition coefficient (Wildman–Crippen LogP) is 9.99. The Bertz CT molecular complexity index is 1720. The Morgan fingerprint density at radius 3 is 1.81 bits per heavy atom. The van der Waals surface area contributed by atoms with Gasteiger partial charge in [-0.15, -0.1) is 0 Å². The zero-order valence-corrected chi connectivity index (χ0v) is 21.8. The molecule has 5 aromatic carbocycles. The number of rotatable bonds is 4. The first kappa shape index (κ1) is 23.5. The molecule has 37 heavy (non-hydrogen) atoms. The van der Waals surface area contributed by atoms with Gasteiger partial charge in [0.25, 0.3) is 0 Å². The van der Waals surface area contributed by atoms with Crippen molar-refractivity contribution in [1.82, 2.24) is 0 Å². The van der Waals surface area contributed by atoms with E-state index in [0.717, 1.165) is 34.0 Å². The number of fused-ring (bicyclic) bond motifs is 2. The van der Waals surface area contributed by atoms with Crippen LogP contribution < -0.4 is 0 Å². The molecule has 1 heterocycles. The molecule has 0 saturated carbocycles. The molecule has 0 fully saturated rings. The highest BCUT2D eigenvalue weighted by atomic mass is 35.5. The second-order valence-electron chi connectivity index (χ2n) is 9.70. The third-order valence-corrected chi connectivity index (χ3v) is 7.64. The van der Waals surface area contributed by atoms with E-state index >= 15 is 0 Å². The van der Waals surface area contributed by atoms with E-state index in [4.69, 9.17) is 16.6 Å². The predicted molar refractivity (Wildman–Crippen MR) is 160 cm³/mol. The summed E-state index contributed by atoms with van der Waals surface area (Å²) in [6.07, 6.45) is 3.35. The Kier molecular flexibility index (Phi) is 6.24. The lowest BCUT2D eigenvalue weighted by Crippen LogP contribution is -2.08. The summed E-state index contributed by atoms with van der Waals surface area (Å²) in [6, 6.07) is 38.6. The van der Waals surface area contributed by atoms with Crippen LogP contribution in [0.3, 0.4) is 0 Å². The summed E-state index contributed by atoms with van der Waals surface area (Å²) >= 11 is 6.26. The Morgan fingerprint density at radius 2 is 1.19 bits per heavy atom. The van der Waals surface area contributed by atoms with Crippen molar-refractivity contribution in [2.75, 3.05) is 0 Å². The van der Waals surface area contributed by atoms with E-state index in [-0.39, 0.29) is 5.92 Å². The summed E-state index contributed by atoms with van der Waals surface area (Å²) in [5, 5.41) is 5.70. The third kappa shape index (κ3) is 4.52. The van der Waals surface area contributed by atoms with Crippen molar-refractivity contribution in [1.29, 1.82) is 0 Å². The van der Waals surface area contributed by atoms with Gasteiger partial charge < -0.3 is 0 Å². The van der Waals surface area contributed by atoms with Crippen molar-refractivity contribution in [3.63, 3.8) is 0 Å². The maximum absolute atomic E-state index is 6.26. The maximum atomic E-state index is 6.26. The monoisotopic (exact) mass is 497 g/mol. The number of hydrogen-bond donors (Lipinski definition) is 0. The lowest BCUT2D eigenvalue weighted by Gasteiger charge is -2.20. The van der Waals surface area contributed by atoms with Crippen LogP contribution in [0.25, 0.3) is 32.8 Å². The Labute approximate surface area is 223 Å². The van der Waals surface area contributed by atoms with Crippen LogP contribution >= 0.6 is 11.6 Å². The highest BCUT2D eigenvalue weighted by Crippen LogP contribution is 2.39. The molecular weight excluding hydrogens is 470 g/mol. The normalized spacial score (nSPS) is 16.0. The van der Waals surface area contributed by atoms with Crippen LogP contribution in [-0.4, -0.2) is 5.71 Å². The molecule has 1 atom stereocenters. The Hall–Kier alpha value is -3.94. The van der Waals surface area contributed by atoms with E-state index in [2.05, 4.69) is 117 Å². The molecule has 5 aromatic rings. The molecule has 1 aliphatic rings. The highest BCUT2D eigenvalue weighted by molar-refractivity contribution is 6.30. The number of hydrogen-bond acceptors (Lipinski definition) is 1. The van der Waals surface area contributed by atoms with Crippen LogP contribution in [0.5, 0.6) is 0 Å². The van der Waals surface area contributed by atoms with Gasteiger partial charge in [-0.3, -0.25) is 0 Å². The molecule has 0 saturated heterocycles. The number of nitrogens with zero attached hydrogens (tertiary/aromatic N) is 1. The van der Waals surface area contributed by atoms with Crippen molar-refractivity contribution in [2.24, 2.45) is 10.9 Å². The van der Waals surface area contributed by atoms with Gasteiger partial charge in [-0.05, 0) is 75.9 Å². The van der Waals surface area contributed by atoms with Crippen molar-refractivity contribution in [2.45, 2.75) is 20.3 Å². The fourth-order valence-electron chi connectivity index (χ4n) is 5.43. The quantitative estimate of drug-likeness (QED) is 0.234. The summed E-state index contributed by atoms with van der Waals surface area (Å²) in [5.41, 5.74) is 8.00. The number of benzene rings is 5. The van der Waals surface area contributed by atoms with E-state index in [0.29, 0.717) is 0 Å². The lowest BCUT2D eigenvalue weighted by molar-refractivity contribution is 0.792. The number of aliphatic imine (C=N–C) groups is 1. The molecular formula is C35H28ClN. The molecule has 2 heteroatoms. The van der Waals surface area contributed by atoms with Gasteiger partial charge in [-0.1, -0.05) is 110 Å². The molecule has 0 spiro atoms. The standard InChI is InChI=1S/C35H28ClN/c1-3-24-22-33(30-14-12-25-8-4-6-10-28(25)20-30)37-35(27-16-18-32(36)19-17-27)23(2)34(24)31-15-13-26-9-5-7-11-29(26)21-31/h4-22,24H,3H2,1-2H3. The van der Waals surface area contributed by atoms with Gasteiger partial charge in [-0.2, -0.15) is 0 Å². The zero-order valence-electron chi connectivity index (χ0n) is 21.1. The van der Waals surface area contributed by atoms with E-state index in [9.17, 15) is 0 Å². The fourth-order valence-corrected chi connectivity index (χ4v) is 5.55. The summed E-state index contributed by atoms with van der Waals surface area (Å²) in [4.78, 5) is 5.35. The van der Waals surface area contributed by atoms with E-state index < -0.39 is 0 Å². The summed E-state index contributed by atoms with van der Waals surface area (Å²) < 4.78 is 0. The zero-order chi connectivity index (χ0) is 25.4. The molecule has 1 nitrogen and oxygen atoms in total. The Balaban J connectivity index is 1.58. The molecule has 1 unspecified atom stereocenters. The van der Waals surface area contributed by atoms with Crippen LogP contribution in [-0.2, 0) is 0 Å². The largest absolute Gasteiger partial charge is 0.248 e. The van der Waals surface area contributed by atoms with Gasteiger partial charge in [0.1, 0.15) is 0 Å². The minimum absolute atomic E-state index is 0.233. The first-order chi connectivity index (χ1) is 18.1. The minimum atomic E-state index is 0.233. The Morgan fingerprint density at radius 1 is 0.649 bits per heavy atom. The molecule has 180 valence electrons. The van der Waals surface area contributed by atoms with Gasteiger partial charge >= 0.3 is 0 Å². The van der Waals surface area contributed by atoms with Gasteiger partial charge in [0.05, 0.1) is 11.4 Å². The second kappa shape index (κ2) is 9.84. The smallest absolute Gasteiger partial charge is 0.0741 e. The number of allylic oxidation sites excluding steroid dienone is 3.